The largest absolute Gasteiger partial charge is 0.593 e. The van der Waals surface area contributed by atoms with Gasteiger partial charge in [-0.15, -0.1) is 0 Å². The van der Waals surface area contributed by atoms with Crippen LogP contribution in [0.1, 0.15) is 58.6 Å². The highest BCUT2D eigenvalue weighted by molar-refractivity contribution is 7.88. The topological polar surface area (TPSA) is 172 Å². The highest BCUT2D eigenvalue weighted by Gasteiger charge is 2.24. The smallest absolute Gasteiger partial charge is 0.323 e. The van der Waals surface area contributed by atoms with Gasteiger partial charge in [-0.25, -0.2) is 19.5 Å². The molecule has 62 heavy (non-hydrogen) atoms. The Morgan fingerprint density at radius 1 is 0.968 bits per heavy atom. The number of methoxy groups -OCH3 is 2. The number of fused-ring (bicyclic) bond motifs is 1. The number of nitrogens with zero attached hydrogens (tertiary/aromatic N) is 3. The van der Waals surface area contributed by atoms with Crippen molar-refractivity contribution in [1.82, 2.24) is 14.9 Å². The van der Waals surface area contributed by atoms with Crippen molar-refractivity contribution in [2.75, 3.05) is 84.8 Å². The molecule has 338 valence electrons. The van der Waals surface area contributed by atoms with Crippen molar-refractivity contribution in [3.8, 4) is 17.2 Å². The zero-order valence-electron chi connectivity index (χ0n) is 37.9. The Hall–Kier alpha value is -5.26. The van der Waals surface area contributed by atoms with Gasteiger partial charge in [0.05, 0.1) is 52.0 Å². The van der Waals surface area contributed by atoms with Crippen molar-refractivity contribution in [3.05, 3.63) is 94.6 Å². The number of urea groups is 1. The molecule has 4 rings (SSSR count). The average molecular weight is 876 g/mol. The highest BCUT2D eigenvalue weighted by Crippen LogP contribution is 2.35. The molecule has 0 aliphatic heterocycles. The summed E-state index contributed by atoms with van der Waals surface area (Å²) in [6.07, 6.45) is 15.9. The number of carbonyl (C=O) groups excluding carboxylic acids is 1. The number of anilines is 2. The first-order valence-electron chi connectivity index (χ1n) is 20.7. The summed E-state index contributed by atoms with van der Waals surface area (Å²) in [6.45, 7) is 13.3. The van der Waals surface area contributed by atoms with Crippen LogP contribution in [0.4, 0.5) is 16.2 Å². The summed E-state index contributed by atoms with van der Waals surface area (Å²) in [7, 11) is 7.17. The van der Waals surface area contributed by atoms with Crippen molar-refractivity contribution in [2.24, 2.45) is 15.4 Å². The van der Waals surface area contributed by atoms with E-state index < -0.39 is 23.6 Å². The zero-order chi connectivity index (χ0) is 45.1. The molecular formula is C46H65N7O8S. The van der Waals surface area contributed by atoms with E-state index in [0.717, 1.165) is 23.2 Å². The number of guanidine groups is 1. The van der Waals surface area contributed by atoms with E-state index in [-0.39, 0.29) is 11.8 Å². The van der Waals surface area contributed by atoms with Crippen LogP contribution in [-0.2, 0) is 32.0 Å². The fourth-order valence-electron chi connectivity index (χ4n) is 6.12. The fraction of sp³-hybridized carbons (Fsp3) is 0.457. The quantitative estimate of drug-likeness (QED) is 0.0422. The number of ether oxygens (including phenoxy) is 6. The Morgan fingerprint density at radius 2 is 1.71 bits per heavy atom. The van der Waals surface area contributed by atoms with Crippen LogP contribution >= 0.6 is 0 Å². The summed E-state index contributed by atoms with van der Waals surface area (Å²) in [4.78, 5) is 25.1. The molecule has 0 heterocycles. The number of nitrogens with one attached hydrogen (secondary N) is 4. The fourth-order valence-corrected chi connectivity index (χ4v) is 6.60. The molecule has 0 saturated heterocycles. The SMILES string of the molecule is CCC=NC(=NC(C)Oc1ccc(NC(=O)NC2=CC(C(C)(C)C)=CC(N[S+](C)[O-])=C(OC)C2)c2c1C=CC=CC2)Nc1cc(OC)cc(OCCOCCOCCN(C)C)c1. The molecule has 0 fully saturated rings. The van der Waals surface area contributed by atoms with Gasteiger partial charge in [0.1, 0.15) is 41.6 Å². The van der Waals surface area contributed by atoms with Gasteiger partial charge < -0.3 is 53.8 Å². The minimum Gasteiger partial charge on any atom is -0.593 e. The molecule has 15 nitrogen and oxygen atoms in total. The number of rotatable bonds is 21. The Balaban J connectivity index is 1.47. The van der Waals surface area contributed by atoms with Crippen molar-refractivity contribution >= 4 is 47.0 Å². The summed E-state index contributed by atoms with van der Waals surface area (Å²) >= 11 is -1.32. The third kappa shape index (κ3) is 16.5. The van der Waals surface area contributed by atoms with Gasteiger partial charge in [0.25, 0.3) is 0 Å². The number of hydrogen-bond donors (Lipinski definition) is 4. The van der Waals surface area contributed by atoms with E-state index in [9.17, 15) is 9.35 Å². The number of amides is 2. The van der Waals surface area contributed by atoms with Crippen molar-refractivity contribution < 1.29 is 37.8 Å². The second-order valence-electron chi connectivity index (χ2n) is 15.7. The molecule has 16 heteroatoms. The Bertz CT molecular complexity index is 2020. The molecule has 0 radical (unpaired) electrons. The van der Waals surface area contributed by atoms with Crippen molar-refractivity contribution in [2.45, 2.75) is 60.1 Å². The van der Waals surface area contributed by atoms with Crippen LogP contribution < -0.4 is 34.9 Å². The Kier molecular flexibility index (Phi) is 19.9. The summed E-state index contributed by atoms with van der Waals surface area (Å²) in [5.74, 6) is 2.68. The van der Waals surface area contributed by atoms with E-state index in [1.165, 1.54) is 0 Å². The lowest BCUT2D eigenvalue weighted by molar-refractivity contribution is 0.0324. The first-order chi connectivity index (χ1) is 29.7. The Labute approximate surface area is 370 Å². The normalized spacial score (nSPS) is 15.3. The lowest BCUT2D eigenvalue weighted by Crippen LogP contribution is -2.29. The number of carbonyl (C=O) groups is 1. The lowest BCUT2D eigenvalue weighted by atomic mass is 9.85. The second-order valence-corrected chi connectivity index (χ2v) is 16.8. The van der Waals surface area contributed by atoms with E-state index in [2.05, 4.69) is 51.3 Å². The molecule has 2 aliphatic rings. The number of hydrogen-bond acceptors (Lipinski definition) is 11. The molecule has 2 atom stereocenters. The van der Waals surface area contributed by atoms with Gasteiger partial charge in [0.15, 0.2) is 6.23 Å². The van der Waals surface area contributed by atoms with Gasteiger partial charge in [-0.3, -0.25) is 0 Å². The lowest BCUT2D eigenvalue weighted by Gasteiger charge is -2.21. The zero-order valence-corrected chi connectivity index (χ0v) is 38.7. The van der Waals surface area contributed by atoms with Crippen LogP contribution in [0.2, 0.25) is 0 Å². The van der Waals surface area contributed by atoms with Gasteiger partial charge in [0.2, 0.25) is 5.96 Å². The van der Waals surface area contributed by atoms with Gasteiger partial charge in [-0.1, -0.05) is 52.0 Å². The summed E-state index contributed by atoms with van der Waals surface area (Å²) < 4.78 is 50.0. The predicted octanol–water partition coefficient (Wildman–Crippen LogP) is 7.59. The van der Waals surface area contributed by atoms with E-state index >= 15 is 0 Å². The van der Waals surface area contributed by atoms with Crippen molar-refractivity contribution in [3.63, 3.8) is 0 Å². The molecule has 2 aliphatic carbocycles. The summed E-state index contributed by atoms with van der Waals surface area (Å²) in [6, 6.07) is 8.72. The predicted molar refractivity (Wildman–Crippen MR) is 251 cm³/mol. The van der Waals surface area contributed by atoms with Crippen LogP contribution in [0.25, 0.3) is 6.08 Å². The standard InChI is InChI=1S/C46H65N7O8S/c1-11-19-47-44(49-35-28-36(56-8)31-37(29-35)60-25-24-59-23-22-58-21-20-53(6)7)48-32(2)61-42-18-17-40(38-15-13-12-14-16-39(38)42)51-45(54)50-34-26-33(46(3,4)5)27-41(52-62(10)55)43(30-34)57-9/h12-14,16-19,26-29,31-32,52H,11,15,20-25,30H2,1-10H3,(H,48,49)(H2,50,51,54). The molecular weight excluding hydrogens is 811 g/mol. The molecule has 2 amide bonds. The highest BCUT2D eigenvalue weighted by atomic mass is 32.2. The third-order valence-electron chi connectivity index (χ3n) is 9.24. The van der Waals surface area contributed by atoms with Crippen molar-refractivity contribution in [1.29, 1.82) is 0 Å². The van der Waals surface area contributed by atoms with Gasteiger partial charge >= 0.3 is 6.03 Å². The molecule has 2 unspecified atom stereocenters. The number of aliphatic imine (C=N–C) groups is 2. The van der Waals surface area contributed by atoms with Crippen LogP contribution in [0, 0.1) is 5.41 Å². The van der Waals surface area contributed by atoms with Gasteiger partial charge in [-0.05, 0) is 74.7 Å². The summed E-state index contributed by atoms with van der Waals surface area (Å²) in [5, 5.41) is 9.39. The molecule has 2 aromatic rings. The first kappa shape index (κ1) is 49.4. The first-order valence-corrected chi connectivity index (χ1v) is 22.3. The monoisotopic (exact) mass is 875 g/mol. The molecule has 0 aromatic heterocycles. The second kappa shape index (κ2) is 25.0. The number of allylic oxidation sites excluding steroid dienone is 6. The van der Waals surface area contributed by atoms with E-state index in [0.29, 0.717) is 97.6 Å². The minimum absolute atomic E-state index is 0.271. The van der Waals surface area contributed by atoms with E-state index in [1.54, 1.807) is 32.8 Å². The number of likely N-dealkylation sites (N-methyl/N-ethyl adjacent to an activating group) is 1. The van der Waals surface area contributed by atoms with E-state index in [4.69, 9.17) is 33.4 Å². The molecule has 2 aromatic carbocycles. The molecule has 0 bridgehead atoms. The Morgan fingerprint density at radius 3 is 2.40 bits per heavy atom. The van der Waals surface area contributed by atoms with Crippen LogP contribution in [0.3, 0.4) is 0 Å². The maximum absolute atomic E-state index is 13.7. The minimum atomic E-state index is -1.32. The molecule has 0 spiro atoms. The van der Waals surface area contributed by atoms with Gasteiger partial charge in [0, 0.05) is 60.0 Å². The molecule has 0 saturated carbocycles. The number of benzene rings is 2. The van der Waals surface area contributed by atoms with Crippen LogP contribution in [0.15, 0.2) is 93.4 Å². The van der Waals surface area contributed by atoms with Crippen LogP contribution in [0.5, 0.6) is 17.2 Å². The summed E-state index contributed by atoms with van der Waals surface area (Å²) in [5.41, 5.74) is 4.89. The third-order valence-corrected chi connectivity index (χ3v) is 9.75. The maximum atomic E-state index is 13.7. The average Bonchev–Trinajstić information content (AvgIpc) is 3.57. The van der Waals surface area contributed by atoms with Crippen LogP contribution in [-0.4, -0.2) is 108 Å². The van der Waals surface area contributed by atoms with E-state index in [1.807, 2.05) is 88.7 Å². The maximum Gasteiger partial charge on any atom is 0.323 e. The molecule has 4 N–H and O–H groups in total. The van der Waals surface area contributed by atoms with Gasteiger partial charge in [-0.2, -0.15) is 0 Å².